The number of nitrogens with zero attached hydrogens (tertiary/aromatic N) is 4. The van der Waals surface area contributed by atoms with E-state index < -0.39 is 31.5 Å². The van der Waals surface area contributed by atoms with Crippen molar-refractivity contribution in [3.63, 3.8) is 0 Å². The normalized spacial score (nSPS) is 25.5. The van der Waals surface area contributed by atoms with E-state index in [-0.39, 0.29) is 23.8 Å². The van der Waals surface area contributed by atoms with Gasteiger partial charge in [0.05, 0.1) is 0 Å². The number of anilines is 1. The van der Waals surface area contributed by atoms with Crippen LogP contribution < -0.4 is 17.3 Å². The molecule has 2 saturated carbocycles. The Hall–Kier alpha value is -0.980. The lowest BCUT2D eigenvalue weighted by Gasteiger charge is -2.36. The predicted octanol–water partition coefficient (Wildman–Crippen LogP) is 2.86. The number of rotatable bonds is 7. The maximum absolute atomic E-state index is 15.3. The monoisotopic (exact) mass is 675 g/mol. The van der Waals surface area contributed by atoms with E-state index in [1.165, 1.54) is 48.5 Å². The lowest BCUT2D eigenvalue weighted by Crippen LogP contribution is -3.00. The van der Waals surface area contributed by atoms with Crippen LogP contribution in [-0.2, 0) is 20.2 Å². The van der Waals surface area contributed by atoms with E-state index in [2.05, 4.69) is 0 Å². The van der Waals surface area contributed by atoms with Crippen LogP contribution >= 0.6 is 0 Å². The highest BCUT2D eigenvalue weighted by molar-refractivity contribution is 7.89. The van der Waals surface area contributed by atoms with Gasteiger partial charge in [0.1, 0.15) is 10.7 Å². The second-order valence-electron chi connectivity index (χ2n) is 14.0. The van der Waals surface area contributed by atoms with Crippen molar-refractivity contribution in [3.05, 3.63) is 24.0 Å². The number of hydrogen-bond acceptors (Lipinski definition) is 5. The number of piperidine rings is 1. The van der Waals surface area contributed by atoms with Crippen molar-refractivity contribution in [3.8, 4) is 0 Å². The second-order valence-corrected chi connectivity index (χ2v) is 17.9. The Bertz CT molecular complexity index is 1300. The van der Waals surface area contributed by atoms with E-state index in [0.29, 0.717) is 50.2 Å². The summed E-state index contributed by atoms with van der Waals surface area (Å²) in [6.07, 6.45) is 15.3. The van der Waals surface area contributed by atoms with Crippen LogP contribution in [0.5, 0.6) is 0 Å². The summed E-state index contributed by atoms with van der Waals surface area (Å²) in [5.41, 5.74) is 0.171. The summed E-state index contributed by atoms with van der Waals surface area (Å²) in [7, 11) is -4.16. The number of halogens is 2. The molecule has 1 unspecified atom stereocenters. The lowest BCUT2D eigenvalue weighted by atomic mass is 9.80. The van der Waals surface area contributed by atoms with Crippen molar-refractivity contribution in [2.24, 2.45) is 17.3 Å². The van der Waals surface area contributed by atoms with Gasteiger partial charge >= 0.3 is 0 Å². The minimum Gasteiger partial charge on any atom is -1.00 e. The zero-order valence-corrected chi connectivity index (χ0v) is 29.1. The summed E-state index contributed by atoms with van der Waals surface area (Å²) in [4.78, 5) is 1.45. The van der Waals surface area contributed by atoms with Crippen LogP contribution in [-0.4, -0.2) is 83.1 Å². The zero-order valence-electron chi connectivity index (χ0n) is 26.7. The van der Waals surface area contributed by atoms with E-state index in [1.54, 1.807) is 33.7 Å². The molecule has 4 fully saturated rings. The molecule has 0 bridgehead atoms. The van der Waals surface area contributed by atoms with Crippen LogP contribution in [0.15, 0.2) is 23.1 Å². The summed E-state index contributed by atoms with van der Waals surface area (Å²) >= 11 is 0. The van der Waals surface area contributed by atoms with Gasteiger partial charge in [0, 0.05) is 59.1 Å². The van der Waals surface area contributed by atoms with Gasteiger partial charge in [-0.15, -0.1) is 0 Å². The van der Waals surface area contributed by atoms with Gasteiger partial charge in [-0.3, -0.25) is 0 Å². The molecule has 5 rings (SSSR count). The predicted molar refractivity (Wildman–Crippen MR) is 170 cm³/mol. The molecular formula is C32H53ClFN4O4S2-. The Morgan fingerprint density at radius 3 is 1.84 bits per heavy atom. The molecule has 0 N–H and O–H groups in total. The van der Waals surface area contributed by atoms with E-state index in [0.717, 1.165) is 64.2 Å². The summed E-state index contributed by atoms with van der Waals surface area (Å²) in [6.45, 7) is 2.47. The highest BCUT2D eigenvalue weighted by Gasteiger charge is 2.49. The van der Waals surface area contributed by atoms with Crippen LogP contribution in [0.25, 0.3) is 0 Å². The quantitative estimate of drug-likeness (QED) is 0.444. The zero-order chi connectivity index (χ0) is 30.7. The smallest absolute Gasteiger partial charge is 0.281 e. The maximum atomic E-state index is 15.3. The standard InChI is InChI=1S/C32H53FN4O4S2.ClH/c1-34(2)29-15-16-31(30(33)24-29)42(38,39)36-21-9-13-28(23-27-11-5-3-6-12-27)14-10-22-37(26-32(25-36)17-18-32)43(40,41)35-19-7-4-8-20-35;/h15-16,24,27-28H,3-14,17-23,25-26H2,1-2H3;1H/p-1. The highest BCUT2D eigenvalue weighted by atomic mass is 35.5. The largest absolute Gasteiger partial charge is 1.00 e. The van der Waals surface area contributed by atoms with Gasteiger partial charge in [0.15, 0.2) is 0 Å². The van der Waals surface area contributed by atoms with Crippen LogP contribution in [0, 0.1) is 23.1 Å². The molecule has 0 aromatic heterocycles. The molecule has 252 valence electrons. The third kappa shape index (κ3) is 8.68. The molecule has 0 amide bonds. The summed E-state index contributed by atoms with van der Waals surface area (Å²) < 4.78 is 76.2. The van der Waals surface area contributed by atoms with Crippen LogP contribution in [0.1, 0.15) is 96.3 Å². The number of benzene rings is 1. The first-order valence-corrected chi connectivity index (χ1v) is 19.6. The first-order valence-electron chi connectivity index (χ1n) is 16.7. The molecule has 1 aromatic carbocycles. The Balaban J connectivity index is 0.00000442. The first kappa shape index (κ1) is 35.9. The van der Waals surface area contributed by atoms with Crippen molar-refractivity contribution < 1.29 is 33.6 Å². The van der Waals surface area contributed by atoms with Gasteiger partial charge in [-0.1, -0.05) is 38.5 Å². The van der Waals surface area contributed by atoms with Crippen molar-refractivity contribution in [2.75, 3.05) is 58.3 Å². The molecule has 0 radical (unpaired) electrons. The van der Waals surface area contributed by atoms with E-state index in [9.17, 15) is 16.8 Å². The lowest BCUT2D eigenvalue weighted by molar-refractivity contribution is -0.0000151. The second kappa shape index (κ2) is 15.3. The average Bonchev–Trinajstić information content (AvgIpc) is 3.75. The van der Waals surface area contributed by atoms with Gasteiger partial charge in [-0.25, -0.2) is 12.8 Å². The molecule has 8 nitrogen and oxygen atoms in total. The van der Waals surface area contributed by atoms with Crippen molar-refractivity contribution >= 4 is 25.9 Å². The third-order valence-electron chi connectivity index (χ3n) is 10.4. The van der Waals surface area contributed by atoms with Gasteiger partial charge in [-0.2, -0.15) is 21.3 Å². The molecule has 4 aliphatic rings. The van der Waals surface area contributed by atoms with Gasteiger partial charge in [0.2, 0.25) is 10.0 Å². The SMILES string of the molecule is CN(C)c1ccc(S(=O)(=O)N2CCCC(CC3CCCCC3)CCCN(S(=O)(=O)N3CCCCC3)CC3(CC3)C2)c(F)c1.[Cl-]. The molecule has 1 atom stereocenters. The number of hydrogen-bond donors (Lipinski definition) is 0. The molecule has 44 heavy (non-hydrogen) atoms. The average molecular weight is 676 g/mol. The summed E-state index contributed by atoms with van der Waals surface area (Å²) in [5, 5.41) is 0. The third-order valence-corrected chi connectivity index (χ3v) is 14.3. The molecule has 2 heterocycles. The summed E-state index contributed by atoms with van der Waals surface area (Å²) in [6, 6.07) is 4.31. The van der Waals surface area contributed by atoms with E-state index >= 15 is 4.39 Å². The maximum Gasteiger partial charge on any atom is 0.281 e. The van der Waals surface area contributed by atoms with Crippen LogP contribution in [0.3, 0.4) is 0 Å². The molecule has 1 aromatic rings. The fourth-order valence-corrected chi connectivity index (χ4v) is 11.1. The van der Waals surface area contributed by atoms with Crippen LogP contribution in [0.2, 0.25) is 0 Å². The van der Waals surface area contributed by atoms with E-state index in [1.807, 2.05) is 0 Å². The Morgan fingerprint density at radius 2 is 1.27 bits per heavy atom. The molecule has 1 spiro atoms. The number of sulfonamides is 1. The van der Waals surface area contributed by atoms with Crippen LogP contribution in [0.4, 0.5) is 10.1 Å². The molecule has 2 aliphatic heterocycles. The molecule has 2 aliphatic carbocycles. The summed E-state index contributed by atoms with van der Waals surface area (Å²) in [5.74, 6) is 0.406. The minimum absolute atomic E-state index is 0. The van der Waals surface area contributed by atoms with Crippen molar-refractivity contribution in [2.45, 2.75) is 101 Å². The molecule has 12 heteroatoms. The first-order chi connectivity index (χ1) is 20.5. The van der Waals surface area contributed by atoms with Gasteiger partial charge in [0.25, 0.3) is 10.2 Å². The van der Waals surface area contributed by atoms with Crippen molar-refractivity contribution in [1.29, 1.82) is 0 Å². The van der Waals surface area contributed by atoms with E-state index in [4.69, 9.17) is 0 Å². The molecular weight excluding hydrogens is 623 g/mol. The minimum atomic E-state index is -4.11. The Kier molecular flexibility index (Phi) is 12.5. The van der Waals surface area contributed by atoms with Gasteiger partial charge < -0.3 is 17.3 Å². The fourth-order valence-electron chi connectivity index (χ4n) is 7.61. The van der Waals surface area contributed by atoms with Crippen molar-refractivity contribution in [1.82, 2.24) is 12.9 Å². The van der Waals surface area contributed by atoms with Gasteiger partial charge in [-0.05, 0) is 93.2 Å². The molecule has 2 saturated heterocycles. The highest BCUT2D eigenvalue weighted by Crippen LogP contribution is 2.49. The topological polar surface area (TPSA) is 81.2 Å². The Morgan fingerprint density at radius 1 is 0.750 bits per heavy atom. The Labute approximate surface area is 272 Å². The fraction of sp³-hybridized carbons (Fsp3) is 0.812.